The SMILES string of the molecule is CCCN(CCO)C1CCCCCC1. The largest absolute Gasteiger partial charge is 0.395 e. The summed E-state index contributed by atoms with van der Waals surface area (Å²) in [7, 11) is 0. The van der Waals surface area contributed by atoms with Gasteiger partial charge in [-0.25, -0.2) is 0 Å². The van der Waals surface area contributed by atoms with E-state index in [4.69, 9.17) is 5.11 Å². The standard InChI is InChI=1S/C12H25NO/c1-2-9-13(10-11-14)12-7-5-3-4-6-8-12/h12,14H,2-11H2,1H3. The van der Waals surface area contributed by atoms with Gasteiger partial charge in [0.2, 0.25) is 0 Å². The average molecular weight is 199 g/mol. The molecule has 0 saturated heterocycles. The average Bonchev–Trinajstić information content (AvgIpc) is 2.45. The van der Waals surface area contributed by atoms with Crippen molar-refractivity contribution in [3.63, 3.8) is 0 Å². The second kappa shape index (κ2) is 7.24. The van der Waals surface area contributed by atoms with Crippen molar-refractivity contribution in [3.05, 3.63) is 0 Å². The highest BCUT2D eigenvalue weighted by atomic mass is 16.3. The Morgan fingerprint density at radius 3 is 2.21 bits per heavy atom. The molecule has 1 N–H and O–H groups in total. The topological polar surface area (TPSA) is 23.5 Å². The lowest BCUT2D eigenvalue weighted by Gasteiger charge is -2.30. The molecule has 0 bridgehead atoms. The first-order valence-corrected chi connectivity index (χ1v) is 6.23. The maximum atomic E-state index is 9.02. The summed E-state index contributed by atoms with van der Waals surface area (Å²) in [4.78, 5) is 2.49. The van der Waals surface area contributed by atoms with E-state index < -0.39 is 0 Å². The van der Waals surface area contributed by atoms with Crippen LogP contribution in [0.4, 0.5) is 0 Å². The van der Waals surface area contributed by atoms with Gasteiger partial charge < -0.3 is 5.11 Å². The molecule has 1 aliphatic rings. The van der Waals surface area contributed by atoms with Crippen LogP contribution in [-0.2, 0) is 0 Å². The van der Waals surface area contributed by atoms with Crippen LogP contribution in [0.3, 0.4) is 0 Å². The third-order valence-electron chi connectivity index (χ3n) is 3.24. The highest BCUT2D eigenvalue weighted by Crippen LogP contribution is 2.21. The number of rotatable bonds is 5. The zero-order valence-electron chi connectivity index (χ0n) is 9.54. The van der Waals surface area contributed by atoms with Crippen molar-refractivity contribution in [2.45, 2.75) is 57.9 Å². The molecule has 0 aromatic carbocycles. The molecule has 2 nitrogen and oxygen atoms in total. The predicted molar refractivity (Wildman–Crippen MR) is 60.4 cm³/mol. The van der Waals surface area contributed by atoms with Gasteiger partial charge >= 0.3 is 0 Å². The predicted octanol–water partition coefficient (Wildman–Crippen LogP) is 2.41. The van der Waals surface area contributed by atoms with Crippen molar-refractivity contribution in [1.82, 2.24) is 4.90 Å². The Kier molecular flexibility index (Phi) is 6.20. The first-order valence-electron chi connectivity index (χ1n) is 6.23. The molecule has 0 aromatic heterocycles. The van der Waals surface area contributed by atoms with Crippen LogP contribution in [0.15, 0.2) is 0 Å². The molecular weight excluding hydrogens is 174 g/mol. The molecule has 0 aliphatic heterocycles. The summed E-state index contributed by atoms with van der Waals surface area (Å²) in [6.45, 7) is 4.57. The van der Waals surface area contributed by atoms with Crippen LogP contribution in [0.25, 0.3) is 0 Å². The highest BCUT2D eigenvalue weighted by molar-refractivity contribution is 4.74. The normalized spacial score (nSPS) is 19.9. The fourth-order valence-electron chi connectivity index (χ4n) is 2.52. The zero-order chi connectivity index (χ0) is 10.2. The van der Waals surface area contributed by atoms with Crippen LogP contribution in [-0.4, -0.2) is 35.7 Å². The maximum absolute atomic E-state index is 9.02. The van der Waals surface area contributed by atoms with E-state index in [0.29, 0.717) is 6.61 Å². The smallest absolute Gasteiger partial charge is 0.0558 e. The molecule has 84 valence electrons. The Bertz CT molecular complexity index is 124. The molecule has 0 radical (unpaired) electrons. The first-order chi connectivity index (χ1) is 6.88. The number of aliphatic hydroxyl groups excluding tert-OH is 1. The second-order valence-electron chi connectivity index (χ2n) is 4.40. The highest BCUT2D eigenvalue weighted by Gasteiger charge is 2.18. The van der Waals surface area contributed by atoms with Crippen molar-refractivity contribution < 1.29 is 5.11 Å². The summed E-state index contributed by atoms with van der Waals surface area (Å²) < 4.78 is 0. The Morgan fingerprint density at radius 1 is 1.07 bits per heavy atom. The molecule has 0 spiro atoms. The van der Waals surface area contributed by atoms with Gasteiger partial charge in [0.25, 0.3) is 0 Å². The van der Waals surface area contributed by atoms with Crippen molar-refractivity contribution >= 4 is 0 Å². The van der Waals surface area contributed by atoms with E-state index in [-0.39, 0.29) is 0 Å². The summed E-state index contributed by atoms with van der Waals surface area (Å²) >= 11 is 0. The molecule has 1 saturated carbocycles. The molecule has 1 aliphatic carbocycles. The van der Waals surface area contributed by atoms with Crippen molar-refractivity contribution in [3.8, 4) is 0 Å². The molecule has 14 heavy (non-hydrogen) atoms. The lowest BCUT2D eigenvalue weighted by Crippen LogP contribution is -2.37. The summed E-state index contributed by atoms with van der Waals surface area (Å²) in [6.07, 6.45) is 9.49. The molecule has 2 heteroatoms. The molecule has 0 amide bonds. The minimum atomic E-state index is 0.316. The van der Waals surface area contributed by atoms with E-state index >= 15 is 0 Å². The lowest BCUT2D eigenvalue weighted by atomic mass is 10.1. The van der Waals surface area contributed by atoms with E-state index in [2.05, 4.69) is 11.8 Å². The molecule has 1 rings (SSSR count). The summed E-state index contributed by atoms with van der Waals surface area (Å²) in [5.74, 6) is 0. The molecular formula is C12H25NO. The van der Waals surface area contributed by atoms with E-state index in [9.17, 15) is 0 Å². The van der Waals surface area contributed by atoms with Crippen molar-refractivity contribution in [2.75, 3.05) is 19.7 Å². The molecule has 0 heterocycles. The fourth-order valence-corrected chi connectivity index (χ4v) is 2.52. The van der Waals surface area contributed by atoms with E-state index in [1.54, 1.807) is 0 Å². The Hall–Kier alpha value is -0.0800. The van der Waals surface area contributed by atoms with Gasteiger partial charge in [-0.1, -0.05) is 32.6 Å². The molecule has 0 unspecified atom stereocenters. The number of hydrogen-bond acceptors (Lipinski definition) is 2. The van der Waals surface area contributed by atoms with E-state index in [1.165, 1.54) is 44.9 Å². The molecule has 1 fully saturated rings. The van der Waals surface area contributed by atoms with Crippen LogP contribution in [0.5, 0.6) is 0 Å². The van der Waals surface area contributed by atoms with Crippen LogP contribution in [0.1, 0.15) is 51.9 Å². The molecule has 0 aromatic rings. The summed E-state index contributed by atoms with van der Waals surface area (Å²) in [6, 6.07) is 0.754. The van der Waals surface area contributed by atoms with Crippen molar-refractivity contribution in [1.29, 1.82) is 0 Å². The quantitative estimate of drug-likeness (QED) is 0.687. The third-order valence-corrected chi connectivity index (χ3v) is 3.24. The van der Waals surface area contributed by atoms with Crippen LogP contribution < -0.4 is 0 Å². The monoisotopic (exact) mass is 199 g/mol. The van der Waals surface area contributed by atoms with Gasteiger partial charge in [0.15, 0.2) is 0 Å². The lowest BCUT2D eigenvalue weighted by molar-refractivity contribution is 0.139. The number of aliphatic hydroxyl groups is 1. The maximum Gasteiger partial charge on any atom is 0.0558 e. The van der Waals surface area contributed by atoms with Gasteiger partial charge in [0.1, 0.15) is 0 Å². The van der Waals surface area contributed by atoms with Gasteiger partial charge in [-0.2, -0.15) is 0 Å². The van der Waals surface area contributed by atoms with Gasteiger partial charge in [-0.05, 0) is 25.8 Å². The number of hydrogen-bond donors (Lipinski definition) is 1. The van der Waals surface area contributed by atoms with Gasteiger partial charge in [0.05, 0.1) is 6.61 Å². The Labute approximate surface area is 88.3 Å². The first kappa shape index (κ1) is 12.0. The number of nitrogens with zero attached hydrogens (tertiary/aromatic N) is 1. The van der Waals surface area contributed by atoms with E-state index in [1.807, 2.05) is 0 Å². The van der Waals surface area contributed by atoms with Crippen LogP contribution in [0, 0.1) is 0 Å². The van der Waals surface area contributed by atoms with Gasteiger partial charge in [0, 0.05) is 12.6 Å². The Balaban J connectivity index is 2.38. The van der Waals surface area contributed by atoms with E-state index in [0.717, 1.165) is 19.1 Å². The van der Waals surface area contributed by atoms with Crippen molar-refractivity contribution in [2.24, 2.45) is 0 Å². The Morgan fingerprint density at radius 2 is 1.71 bits per heavy atom. The van der Waals surface area contributed by atoms with Crippen LogP contribution in [0.2, 0.25) is 0 Å². The fraction of sp³-hybridized carbons (Fsp3) is 1.00. The van der Waals surface area contributed by atoms with Crippen LogP contribution >= 0.6 is 0 Å². The van der Waals surface area contributed by atoms with Gasteiger partial charge in [-0.15, -0.1) is 0 Å². The third kappa shape index (κ3) is 3.97. The van der Waals surface area contributed by atoms with Gasteiger partial charge in [-0.3, -0.25) is 4.90 Å². The molecule has 0 atom stereocenters. The minimum absolute atomic E-state index is 0.316. The zero-order valence-corrected chi connectivity index (χ0v) is 9.54. The minimum Gasteiger partial charge on any atom is -0.395 e. The second-order valence-corrected chi connectivity index (χ2v) is 4.40. The summed E-state index contributed by atoms with van der Waals surface area (Å²) in [5.41, 5.74) is 0. The summed E-state index contributed by atoms with van der Waals surface area (Å²) in [5, 5.41) is 9.02.